The number of carbonyl (C=O) groups excluding carboxylic acids is 1. The van der Waals surface area contributed by atoms with Crippen molar-refractivity contribution < 1.29 is 27.9 Å². The number of aromatic amines is 1. The monoisotopic (exact) mass is 369 g/mol. The molecule has 10 heteroatoms. The maximum atomic E-state index is 13.0. The maximum absolute atomic E-state index is 13.0. The lowest BCUT2D eigenvalue weighted by Gasteiger charge is -2.17. The van der Waals surface area contributed by atoms with Crippen LogP contribution < -0.4 is 16.2 Å². The SMILES string of the molecule is CNC(=O)Nc1c(C)[nH]c(=O)c(C(=O)O)c1-c1cccc(C(F)(F)F)c1. The molecule has 1 heterocycles. The molecule has 0 aliphatic heterocycles. The molecule has 4 N–H and O–H groups in total. The van der Waals surface area contributed by atoms with Gasteiger partial charge in [-0.05, 0) is 24.6 Å². The van der Waals surface area contributed by atoms with E-state index in [-0.39, 0.29) is 22.5 Å². The summed E-state index contributed by atoms with van der Waals surface area (Å²) in [6.07, 6.45) is -4.66. The minimum atomic E-state index is -4.66. The summed E-state index contributed by atoms with van der Waals surface area (Å²) in [7, 11) is 1.30. The van der Waals surface area contributed by atoms with Crippen LogP contribution in [0.1, 0.15) is 21.6 Å². The number of hydrogen-bond acceptors (Lipinski definition) is 3. The Morgan fingerprint density at radius 3 is 2.42 bits per heavy atom. The molecule has 26 heavy (non-hydrogen) atoms. The molecule has 1 aromatic carbocycles. The Labute approximate surface area is 144 Å². The number of carboxylic acid groups (broad SMARTS) is 1. The first-order valence-electron chi connectivity index (χ1n) is 7.22. The van der Waals surface area contributed by atoms with Gasteiger partial charge in [0.1, 0.15) is 5.56 Å². The molecule has 138 valence electrons. The number of hydrogen-bond donors (Lipinski definition) is 4. The number of anilines is 1. The molecule has 0 spiro atoms. The fourth-order valence-electron chi connectivity index (χ4n) is 2.40. The highest BCUT2D eigenvalue weighted by Crippen LogP contribution is 2.36. The van der Waals surface area contributed by atoms with E-state index in [4.69, 9.17) is 0 Å². The van der Waals surface area contributed by atoms with Crippen LogP contribution >= 0.6 is 0 Å². The molecule has 0 aliphatic rings. The van der Waals surface area contributed by atoms with E-state index in [0.717, 1.165) is 18.2 Å². The first kappa shape index (κ1) is 19.0. The Morgan fingerprint density at radius 1 is 1.23 bits per heavy atom. The summed E-state index contributed by atoms with van der Waals surface area (Å²) in [6, 6.07) is 3.12. The summed E-state index contributed by atoms with van der Waals surface area (Å²) in [5, 5.41) is 14.0. The molecule has 0 atom stereocenters. The van der Waals surface area contributed by atoms with Crippen molar-refractivity contribution in [1.29, 1.82) is 0 Å². The van der Waals surface area contributed by atoms with Gasteiger partial charge in [0.2, 0.25) is 0 Å². The first-order chi connectivity index (χ1) is 12.1. The number of carbonyl (C=O) groups is 2. The highest BCUT2D eigenvalue weighted by Gasteiger charge is 2.31. The van der Waals surface area contributed by atoms with E-state index >= 15 is 0 Å². The van der Waals surface area contributed by atoms with Crippen LogP contribution in [0, 0.1) is 6.92 Å². The van der Waals surface area contributed by atoms with Gasteiger partial charge in [0.25, 0.3) is 5.56 Å². The minimum absolute atomic E-state index is 0.0935. The number of carboxylic acids is 1. The van der Waals surface area contributed by atoms with Crippen molar-refractivity contribution >= 4 is 17.7 Å². The van der Waals surface area contributed by atoms with Crippen molar-refractivity contribution in [2.75, 3.05) is 12.4 Å². The molecule has 2 aromatic rings. The molecular formula is C16H14F3N3O4. The van der Waals surface area contributed by atoms with Crippen LogP contribution in [0.15, 0.2) is 29.1 Å². The number of pyridine rings is 1. The van der Waals surface area contributed by atoms with Crippen LogP contribution in [0.5, 0.6) is 0 Å². The molecule has 0 unspecified atom stereocenters. The molecule has 0 saturated heterocycles. The number of urea groups is 1. The summed E-state index contributed by atoms with van der Waals surface area (Å²) in [5.74, 6) is -1.64. The van der Waals surface area contributed by atoms with Gasteiger partial charge >= 0.3 is 18.2 Å². The summed E-state index contributed by atoms with van der Waals surface area (Å²) in [6.45, 7) is 1.38. The van der Waals surface area contributed by atoms with Crippen LogP contribution in [0.25, 0.3) is 11.1 Å². The zero-order valence-electron chi connectivity index (χ0n) is 13.6. The Balaban J connectivity index is 2.86. The fraction of sp³-hybridized carbons (Fsp3) is 0.188. The van der Waals surface area contributed by atoms with E-state index in [1.54, 1.807) is 0 Å². The van der Waals surface area contributed by atoms with Crippen LogP contribution in [-0.4, -0.2) is 29.1 Å². The van der Waals surface area contributed by atoms with E-state index in [2.05, 4.69) is 15.6 Å². The quantitative estimate of drug-likeness (QED) is 0.667. The summed E-state index contributed by atoms with van der Waals surface area (Å²) < 4.78 is 39.0. The molecule has 7 nitrogen and oxygen atoms in total. The van der Waals surface area contributed by atoms with E-state index in [9.17, 15) is 32.7 Å². The van der Waals surface area contributed by atoms with Gasteiger partial charge in [-0.2, -0.15) is 13.2 Å². The Bertz CT molecular complexity index is 935. The van der Waals surface area contributed by atoms with Crippen LogP contribution in [-0.2, 0) is 6.18 Å². The van der Waals surface area contributed by atoms with Crippen molar-refractivity contribution in [3.63, 3.8) is 0 Å². The van der Waals surface area contributed by atoms with E-state index in [0.29, 0.717) is 0 Å². The number of H-pyrrole nitrogens is 1. The smallest absolute Gasteiger partial charge is 0.416 e. The number of aromatic carboxylic acids is 1. The van der Waals surface area contributed by atoms with Gasteiger partial charge in [-0.25, -0.2) is 9.59 Å². The zero-order chi connectivity index (χ0) is 19.6. The predicted octanol–water partition coefficient (Wildman–Crippen LogP) is 2.82. The van der Waals surface area contributed by atoms with E-state index < -0.39 is 34.9 Å². The van der Waals surface area contributed by atoms with Crippen molar-refractivity contribution in [1.82, 2.24) is 10.3 Å². The number of rotatable bonds is 3. The van der Waals surface area contributed by atoms with Crippen molar-refractivity contribution in [3.8, 4) is 11.1 Å². The van der Waals surface area contributed by atoms with E-state index in [1.807, 2.05) is 0 Å². The Kier molecular flexibility index (Phi) is 5.05. The topological polar surface area (TPSA) is 111 Å². The predicted molar refractivity (Wildman–Crippen MR) is 87.3 cm³/mol. The van der Waals surface area contributed by atoms with Gasteiger partial charge in [0.15, 0.2) is 0 Å². The van der Waals surface area contributed by atoms with Gasteiger partial charge < -0.3 is 20.7 Å². The van der Waals surface area contributed by atoms with E-state index in [1.165, 1.54) is 20.0 Å². The average Bonchev–Trinajstić information content (AvgIpc) is 2.55. The lowest BCUT2D eigenvalue weighted by Crippen LogP contribution is -2.28. The number of nitrogens with one attached hydrogen (secondary N) is 3. The standard InChI is InChI=1S/C16H14F3N3O4/c1-7-12(22-15(26)20-2)10(11(14(24)25)13(23)21-7)8-4-3-5-9(6-8)16(17,18)19/h3-6H,1-2H3,(H,21,23)(H,24,25)(H2,20,22,26). The highest BCUT2D eigenvalue weighted by molar-refractivity contribution is 6.03. The summed E-state index contributed by atoms with van der Waals surface area (Å²) >= 11 is 0. The molecule has 0 saturated carbocycles. The lowest BCUT2D eigenvalue weighted by atomic mass is 9.96. The fourth-order valence-corrected chi connectivity index (χ4v) is 2.40. The summed E-state index contributed by atoms with van der Waals surface area (Å²) in [4.78, 5) is 37.6. The summed E-state index contributed by atoms with van der Waals surface area (Å²) in [5.41, 5.74) is -3.29. The third-order valence-corrected chi connectivity index (χ3v) is 3.56. The molecule has 0 bridgehead atoms. The van der Waals surface area contributed by atoms with Gasteiger partial charge in [0, 0.05) is 18.3 Å². The average molecular weight is 369 g/mol. The minimum Gasteiger partial charge on any atom is -0.477 e. The lowest BCUT2D eigenvalue weighted by molar-refractivity contribution is -0.137. The number of halogens is 3. The second-order valence-electron chi connectivity index (χ2n) is 5.29. The number of aryl methyl sites for hydroxylation is 1. The number of amides is 2. The zero-order valence-corrected chi connectivity index (χ0v) is 13.6. The molecule has 2 rings (SSSR count). The van der Waals surface area contributed by atoms with Gasteiger partial charge in [-0.15, -0.1) is 0 Å². The van der Waals surface area contributed by atoms with Gasteiger partial charge in [0.05, 0.1) is 11.3 Å². The number of alkyl halides is 3. The Morgan fingerprint density at radius 2 is 1.88 bits per heavy atom. The molecule has 0 fully saturated rings. The van der Waals surface area contributed by atoms with Crippen molar-refractivity contribution in [2.45, 2.75) is 13.1 Å². The van der Waals surface area contributed by atoms with Crippen LogP contribution in [0.2, 0.25) is 0 Å². The first-order valence-corrected chi connectivity index (χ1v) is 7.22. The van der Waals surface area contributed by atoms with Crippen molar-refractivity contribution in [3.05, 3.63) is 51.4 Å². The maximum Gasteiger partial charge on any atom is 0.416 e. The molecule has 2 amide bonds. The van der Waals surface area contributed by atoms with Gasteiger partial charge in [-0.1, -0.05) is 12.1 Å². The van der Waals surface area contributed by atoms with Crippen LogP contribution in [0.3, 0.4) is 0 Å². The largest absolute Gasteiger partial charge is 0.477 e. The third kappa shape index (κ3) is 3.68. The molecular weight excluding hydrogens is 355 g/mol. The second kappa shape index (κ2) is 6.90. The third-order valence-electron chi connectivity index (χ3n) is 3.56. The Hall–Kier alpha value is -3.30. The van der Waals surface area contributed by atoms with Gasteiger partial charge in [-0.3, -0.25) is 4.79 Å². The highest BCUT2D eigenvalue weighted by atomic mass is 19.4. The molecule has 0 radical (unpaired) electrons. The molecule has 0 aliphatic carbocycles. The van der Waals surface area contributed by atoms with Crippen LogP contribution in [0.4, 0.5) is 23.7 Å². The number of benzene rings is 1. The number of aromatic nitrogens is 1. The van der Waals surface area contributed by atoms with Crippen molar-refractivity contribution in [2.24, 2.45) is 0 Å². The second-order valence-corrected chi connectivity index (χ2v) is 5.29. The normalized spacial score (nSPS) is 11.1. The molecule has 1 aromatic heterocycles.